The number of ether oxygens (including phenoxy) is 2. The number of nitrogens with zero attached hydrogens (tertiary/aromatic N) is 2. The molecule has 0 aliphatic carbocycles. The molecule has 110 valence electrons. The Bertz CT molecular complexity index is 636. The molecule has 0 spiro atoms. The van der Waals surface area contributed by atoms with Gasteiger partial charge in [-0.05, 0) is 30.7 Å². The summed E-state index contributed by atoms with van der Waals surface area (Å²) in [6.07, 6.45) is 1.76. The molecule has 0 amide bonds. The molecule has 1 aromatic heterocycles. The third-order valence-electron chi connectivity index (χ3n) is 3.16. The van der Waals surface area contributed by atoms with Gasteiger partial charge < -0.3 is 15.2 Å². The Balaban J connectivity index is 1.66. The topological polar surface area (TPSA) is 70.3 Å². The Hall–Kier alpha value is -1.79. The highest BCUT2D eigenvalue weighted by molar-refractivity contribution is 7.99. The SMILES string of the molecule is Cc1ccnc(SCC(N)c2ccc3c(c2)OCCO3)n1. The van der Waals surface area contributed by atoms with Crippen LogP contribution in [0.3, 0.4) is 0 Å². The summed E-state index contributed by atoms with van der Waals surface area (Å²) in [5.41, 5.74) is 8.23. The Morgan fingerprint density at radius 1 is 1.24 bits per heavy atom. The van der Waals surface area contributed by atoms with Crippen molar-refractivity contribution in [3.63, 3.8) is 0 Å². The molecule has 1 unspecified atom stereocenters. The van der Waals surface area contributed by atoms with Crippen LogP contribution in [-0.4, -0.2) is 28.9 Å². The van der Waals surface area contributed by atoms with E-state index in [-0.39, 0.29) is 6.04 Å². The van der Waals surface area contributed by atoms with Gasteiger partial charge in [0.2, 0.25) is 0 Å². The maximum absolute atomic E-state index is 6.24. The predicted octanol–water partition coefficient (Wildman–Crippen LogP) is 2.35. The predicted molar refractivity (Wildman–Crippen MR) is 81.9 cm³/mol. The number of hydrogen-bond donors (Lipinski definition) is 1. The van der Waals surface area contributed by atoms with Gasteiger partial charge in [0.05, 0.1) is 0 Å². The minimum Gasteiger partial charge on any atom is -0.486 e. The summed E-state index contributed by atoms with van der Waals surface area (Å²) in [4.78, 5) is 8.59. The summed E-state index contributed by atoms with van der Waals surface area (Å²) in [5, 5.41) is 0.753. The Morgan fingerprint density at radius 2 is 2.05 bits per heavy atom. The number of aromatic nitrogens is 2. The van der Waals surface area contributed by atoms with Crippen molar-refractivity contribution in [2.75, 3.05) is 19.0 Å². The summed E-state index contributed by atoms with van der Waals surface area (Å²) < 4.78 is 11.1. The van der Waals surface area contributed by atoms with Crippen LogP contribution in [0.15, 0.2) is 35.6 Å². The molecule has 1 atom stereocenters. The van der Waals surface area contributed by atoms with E-state index in [2.05, 4.69) is 9.97 Å². The van der Waals surface area contributed by atoms with Crippen LogP contribution in [0.5, 0.6) is 11.5 Å². The number of benzene rings is 1. The smallest absolute Gasteiger partial charge is 0.187 e. The van der Waals surface area contributed by atoms with E-state index >= 15 is 0 Å². The molecule has 0 bridgehead atoms. The van der Waals surface area contributed by atoms with Crippen molar-refractivity contribution >= 4 is 11.8 Å². The molecule has 0 saturated carbocycles. The lowest BCUT2D eigenvalue weighted by atomic mass is 10.1. The van der Waals surface area contributed by atoms with Gasteiger partial charge in [-0.3, -0.25) is 0 Å². The van der Waals surface area contributed by atoms with Crippen molar-refractivity contribution in [1.29, 1.82) is 0 Å². The first-order valence-corrected chi connectivity index (χ1v) is 7.78. The number of fused-ring (bicyclic) bond motifs is 1. The third kappa shape index (κ3) is 3.46. The molecule has 2 N–H and O–H groups in total. The van der Waals surface area contributed by atoms with Crippen molar-refractivity contribution < 1.29 is 9.47 Å². The van der Waals surface area contributed by atoms with E-state index in [4.69, 9.17) is 15.2 Å². The third-order valence-corrected chi connectivity index (χ3v) is 4.14. The minimum atomic E-state index is -0.102. The molecule has 1 aliphatic heterocycles. The van der Waals surface area contributed by atoms with Crippen LogP contribution >= 0.6 is 11.8 Å². The van der Waals surface area contributed by atoms with Crippen molar-refractivity contribution in [1.82, 2.24) is 9.97 Å². The van der Waals surface area contributed by atoms with E-state index in [1.54, 1.807) is 18.0 Å². The van der Waals surface area contributed by atoms with E-state index in [1.807, 2.05) is 31.2 Å². The quantitative estimate of drug-likeness (QED) is 0.690. The van der Waals surface area contributed by atoms with Gasteiger partial charge in [-0.25, -0.2) is 9.97 Å². The highest BCUT2D eigenvalue weighted by atomic mass is 32.2. The average Bonchev–Trinajstić information content (AvgIpc) is 2.52. The van der Waals surface area contributed by atoms with Crippen molar-refractivity contribution in [2.24, 2.45) is 5.73 Å². The normalized spacial score (nSPS) is 14.8. The van der Waals surface area contributed by atoms with Gasteiger partial charge in [0.25, 0.3) is 0 Å². The van der Waals surface area contributed by atoms with Crippen molar-refractivity contribution in [3.05, 3.63) is 41.7 Å². The second kappa shape index (κ2) is 6.32. The second-order valence-electron chi connectivity index (χ2n) is 4.80. The first-order valence-electron chi connectivity index (χ1n) is 6.80. The van der Waals surface area contributed by atoms with Gasteiger partial charge in [-0.2, -0.15) is 0 Å². The summed E-state index contributed by atoms with van der Waals surface area (Å²) >= 11 is 1.56. The zero-order valence-corrected chi connectivity index (χ0v) is 12.6. The fourth-order valence-corrected chi connectivity index (χ4v) is 2.91. The molecule has 6 heteroatoms. The van der Waals surface area contributed by atoms with Gasteiger partial charge in [0, 0.05) is 23.7 Å². The Morgan fingerprint density at radius 3 is 2.86 bits per heavy atom. The molecule has 1 aliphatic rings. The van der Waals surface area contributed by atoms with Crippen molar-refractivity contribution in [2.45, 2.75) is 18.1 Å². The second-order valence-corrected chi connectivity index (χ2v) is 5.79. The van der Waals surface area contributed by atoms with Crippen LogP contribution in [0.4, 0.5) is 0 Å². The number of rotatable bonds is 4. The van der Waals surface area contributed by atoms with Crippen molar-refractivity contribution in [3.8, 4) is 11.5 Å². The van der Waals surface area contributed by atoms with E-state index in [0.717, 1.165) is 27.9 Å². The highest BCUT2D eigenvalue weighted by Gasteiger charge is 2.15. The first kappa shape index (κ1) is 14.2. The van der Waals surface area contributed by atoms with Gasteiger partial charge in [-0.1, -0.05) is 17.8 Å². The molecule has 2 aromatic rings. The molecular formula is C15H17N3O2S. The van der Waals surface area contributed by atoms with Gasteiger partial charge >= 0.3 is 0 Å². The highest BCUT2D eigenvalue weighted by Crippen LogP contribution is 2.33. The minimum absolute atomic E-state index is 0.102. The fraction of sp³-hybridized carbons (Fsp3) is 0.333. The number of aryl methyl sites for hydroxylation is 1. The molecule has 0 fully saturated rings. The summed E-state index contributed by atoms with van der Waals surface area (Å²) in [6, 6.07) is 7.63. The molecule has 1 aromatic carbocycles. The number of thioether (sulfide) groups is 1. The maximum atomic E-state index is 6.24. The van der Waals surface area contributed by atoms with Gasteiger partial charge in [-0.15, -0.1) is 0 Å². The van der Waals surface area contributed by atoms with Crippen LogP contribution in [0.25, 0.3) is 0 Å². The molecule has 3 rings (SSSR count). The molecular weight excluding hydrogens is 286 g/mol. The zero-order chi connectivity index (χ0) is 14.7. The standard InChI is InChI=1S/C15H17N3O2S/c1-10-4-5-17-15(18-10)21-9-12(16)11-2-3-13-14(8-11)20-7-6-19-13/h2-5,8,12H,6-7,9,16H2,1H3. The maximum Gasteiger partial charge on any atom is 0.187 e. The van der Waals surface area contributed by atoms with E-state index in [9.17, 15) is 0 Å². The zero-order valence-electron chi connectivity index (χ0n) is 11.8. The molecule has 0 radical (unpaired) electrons. The van der Waals surface area contributed by atoms with Gasteiger partial charge in [0.15, 0.2) is 16.7 Å². The first-order chi connectivity index (χ1) is 10.2. The lowest BCUT2D eigenvalue weighted by Gasteiger charge is -2.20. The lowest BCUT2D eigenvalue weighted by Crippen LogP contribution is -2.17. The van der Waals surface area contributed by atoms with E-state index in [1.165, 1.54) is 0 Å². The van der Waals surface area contributed by atoms with E-state index < -0.39 is 0 Å². The number of nitrogens with two attached hydrogens (primary N) is 1. The van der Waals surface area contributed by atoms with Crippen LogP contribution < -0.4 is 15.2 Å². The summed E-state index contributed by atoms with van der Waals surface area (Å²) in [7, 11) is 0. The van der Waals surface area contributed by atoms with Gasteiger partial charge in [0.1, 0.15) is 13.2 Å². The summed E-state index contributed by atoms with van der Waals surface area (Å²) in [6.45, 7) is 3.13. The van der Waals surface area contributed by atoms with Crippen LogP contribution in [0, 0.1) is 6.92 Å². The fourth-order valence-electron chi connectivity index (χ4n) is 2.05. The molecule has 0 saturated heterocycles. The average molecular weight is 303 g/mol. The van der Waals surface area contributed by atoms with Crippen LogP contribution in [-0.2, 0) is 0 Å². The largest absolute Gasteiger partial charge is 0.486 e. The van der Waals surface area contributed by atoms with Crippen LogP contribution in [0.1, 0.15) is 17.3 Å². The lowest BCUT2D eigenvalue weighted by molar-refractivity contribution is 0.171. The molecule has 21 heavy (non-hydrogen) atoms. The molecule has 5 nitrogen and oxygen atoms in total. The molecule has 2 heterocycles. The monoisotopic (exact) mass is 303 g/mol. The van der Waals surface area contributed by atoms with Crippen LogP contribution in [0.2, 0.25) is 0 Å². The summed E-state index contributed by atoms with van der Waals surface area (Å²) in [5.74, 6) is 2.26. The Kier molecular flexibility index (Phi) is 4.26. The number of hydrogen-bond acceptors (Lipinski definition) is 6. The Labute approximate surface area is 127 Å². The van der Waals surface area contributed by atoms with E-state index in [0.29, 0.717) is 19.0 Å².